The summed E-state index contributed by atoms with van der Waals surface area (Å²) in [6, 6.07) is 0. The molecule has 96 valence electrons. The topological polar surface area (TPSA) is 49.4 Å². The van der Waals surface area contributed by atoms with Crippen molar-refractivity contribution in [3.05, 3.63) is 36.5 Å². The van der Waals surface area contributed by atoms with Crippen LogP contribution in [0.15, 0.2) is 36.5 Å². The Bertz CT molecular complexity index is 450. The molecule has 0 atom stereocenters. The number of nitrogens with one attached hydrogen (secondary N) is 1. The number of hydrogen-bond donors (Lipinski definition) is 1. The average molecular weight is 264 g/mol. The van der Waals surface area contributed by atoms with Crippen LogP contribution in [-0.4, -0.2) is 28.4 Å². The quantitative estimate of drug-likeness (QED) is 0.363. The van der Waals surface area contributed by atoms with Gasteiger partial charge in [-0.1, -0.05) is 32.1 Å². The highest BCUT2D eigenvalue weighted by atomic mass is 32.1. The van der Waals surface area contributed by atoms with E-state index in [1.165, 1.54) is 11.0 Å². The van der Waals surface area contributed by atoms with Gasteiger partial charge in [-0.3, -0.25) is 19.8 Å². The van der Waals surface area contributed by atoms with E-state index in [9.17, 15) is 9.59 Å². The first-order valence-electron chi connectivity index (χ1n) is 5.64. The van der Waals surface area contributed by atoms with Crippen LogP contribution in [-0.2, 0) is 9.59 Å². The first-order valence-corrected chi connectivity index (χ1v) is 6.04. The highest BCUT2D eigenvalue weighted by molar-refractivity contribution is 7.80. The molecule has 0 aromatic heterocycles. The zero-order valence-corrected chi connectivity index (χ0v) is 11.3. The zero-order valence-electron chi connectivity index (χ0n) is 10.5. The van der Waals surface area contributed by atoms with Crippen LogP contribution in [0.2, 0.25) is 0 Å². The predicted molar refractivity (Wildman–Crippen MR) is 74.7 cm³/mol. The Hall–Kier alpha value is -1.75. The Morgan fingerprint density at radius 1 is 1.44 bits per heavy atom. The van der Waals surface area contributed by atoms with Crippen LogP contribution in [0.5, 0.6) is 0 Å². The van der Waals surface area contributed by atoms with Gasteiger partial charge in [-0.25, -0.2) is 0 Å². The van der Waals surface area contributed by atoms with Crippen molar-refractivity contribution in [2.24, 2.45) is 5.92 Å². The molecule has 1 rings (SSSR count). The lowest BCUT2D eigenvalue weighted by molar-refractivity contribution is -0.128. The van der Waals surface area contributed by atoms with Crippen molar-refractivity contribution in [2.45, 2.75) is 13.8 Å². The molecule has 1 heterocycles. The molecule has 5 heteroatoms. The highest BCUT2D eigenvalue weighted by Crippen LogP contribution is 2.10. The van der Waals surface area contributed by atoms with E-state index >= 15 is 0 Å². The van der Waals surface area contributed by atoms with Gasteiger partial charge in [0.05, 0.1) is 0 Å². The van der Waals surface area contributed by atoms with Crippen molar-refractivity contribution >= 4 is 29.1 Å². The van der Waals surface area contributed by atoms with Gasteiger partial charge in [0, 0.05) is 6.54 Å². The van der Waals surface area contributed by atoms with Crippen LogP contribution in [0.25, 0.3) is 0 Å². The molecular formula is C13H16N2O2S. The number of carbonyl (C=O) groups is 2. The second kappa shape index (κ2) is 6.26. The molecule has 18 heavy (non-hydrogen) atoms. The second-order valence-corrected chi connectivity index (χ2v) is 4.56. The number of allylic oxidation sites excluding steroid dienone is 3. The molecule has 0 aromatic rings. The normalized spacial score (nSPS) is 18.9. The monoisotopic (exact) mass is 264 g/mol. The zero-order chi connectivity index (χ0) is 13.7. The van der Waals surface area contributed by atoms with E-state index in [2.05, 4.69) is 11.9 Å². The average Bonchev–Trinajstić information content (AvgIpc) is 2.28. The van der Waals surface area contributed by atoms with Crippen molar-refractivity contribution < 1.29 is 9.59 Å². The van der Waals surface area contributed by atoms with Gasteiger partial charge in [0.15, 0.2) is 5.11 Å². The molecule has 1 aliphatic rings. The second-order valence-electron chi connectivity index (χ2n) is 4.17. The molecule has 1 aliphatic heterocycles. The summed E-state index contributed by atoms with van der Waals surface area (Å²) < 4.78 is 0. The van der Waals surface area contributed by atoms with E-state index in [0.717, 1.165) is 0 Å². The van der Waals surface area contributed by atoms with E-state index in [0.29, 0.717) is 5.92 Å². The minimum absolute atomic E-state index is 0.0855. The summed E-state index contributed by atoms with van der Waals surface area (Å²) in [5.74, 6) is -0.496. The fourth-order valence-corrected chi connectivity index (χ4v) is 1.63. The summed E-state index contributed by atoms with van der Waals surface area (Å²) in [5, 5.41) is 2.60. The molecule has 2 amide bonds. The Labute approximate surface area is 112 Å². The maximum atomic E-state index is 12.0. The van der Waals surface area contributed by atoms with E-state index in [4.69, 9.17) is 12.2 Å². The minimum atomic E-state index is -0.460. The van der Waals surface area contributed by atoms with Crippen LogP contribution in [0, 0.1) is 5.92 Å². The highest BCUT2D eigenvalue weighted by Gasteiger charge is 2.31. The van der Waals surface area contributed by atoms with Gasteiger partial charge in [-0.2, -0.15) is 0 Å². The maximum Gasteiger partial charge on any atom is 0.265 e. The molecule has 1 N–H and O–H groups in total. The van der Waals surface area contributed by atoms with Gasteiger partial charge in [0.25, 0.3) is 11.8 Å². The minimum Gasteiger partial charge on any atom is -0.298 e. The van der Waals surface area contributed by atoms with Crippen LogP contribution in [0.4, 0.5) is 0 Å². The lowest BCUT2D eigenvalue weighted by Gasteiger charge is -2.27. The molecular weight excluding hydrogens is 248 g/mol. The molecule has 0 spiro atoms. The van der Waals surface area contributed by atoms with Crippen molar-refractivity contribution in [3.8, 4) is 0 Å². The van der Waals surface area contributed by atoms with Crippen LogP contribution < -0.4 is 5.32 Å². The summed E-state index contributed by atoms with van der Waals surface area (Å²) in [5.41, 5.74) is 0.0855. The first-order chi connectivity index (χ1) is 8.47. The summed E-state index contributed by atoms with van der Waals surface area (Å²) in [7, 11) is 0. The van der Waals surface area contributed by atoms with Gasteiger partial charge in [0.1, 0.15) is 5.57 Å². The Morgan fingerprint density at radius 3 is 2.67 bits per heavy atom. The number of hydrogen-bond acceptors (Lipinski definition) is 3. The van der Waals surface area contributed by atoms with Gasteiger partial charge in [-0.15, -0.1) is 6.58 Å². The third-order valence-electron chi connectivity index (χ3n) is 2.26. The molecule has 0 saturated carbocycles. The summed E-state index contributed by atoms with van der Waals surface area (Å²) in [6.07, 6.45) is 6.68. The standard InChI is InChI=1S/C13H16N2O2S/c1-4-8-15-12(17)10(7-5-6-9(2)3)11(16)14-13(15)18/h4-7,9H,1,8H2,2-3H3,(H,14,16,18)/b6-5+,10-7+. The first kappa shape index (κ1) is 14.3. The number of nitrogens with zero attached hydrogens (tertiary/aromatic N) is 1. The largest absolute Gasteiger partial charge is 0.298 e. The van der Waals surface area contributed by atoms with Crippen molar-refractivity contribution in [1.82, 2.24) is 10.2 Å². The Kier molecular flexibility index (Phi) is 4.97. The summed E-state index contributed by atoms with van der Waals surface area (Å²) in [6.45, 7) is 7.86. The number of carbonyl (C=O) groups excluding carboxylic acids is 2. The predicted octanol–water partition coefficient (Wildman–Crippen LogP) is 1.55. The fraction of sp³-hybridized carbons (Fsp3) is 0.308. The van der Waals surface area contributed by atoms with E-state index < -0.39 is 11.8 Å². The molecule has 4 nitrogen and oxygen atoms in total. The molecule has 1 saturated heterocycles. The van der Waals surface area contributed by atoms with E-state index in [1.807, 2.05) is 19.9 Å². The Morgan fingerprint density at radius 2 is 2.11 bits per heavy atom. The molecule has 1 fully saturated rings. The van der Waals surface area contributed by atoms with Crippen molar-refractivity contribution in [2.75, 3.05) is 6.54 Å². The molecule has 0 unspecified atom stereocenters. The molecule has 0 aromatic carbocycles. The lowest BCUT2D eigenvalue weighted by atomic mass is 10.1. The molecule has 0 radical (unpaired) electrons. The fourth-order valence-electron chi connectivity index (χ4n) is 1.38. The smallest absolute Gasteiger partial charge is 0.265 e. The lowest BCUT2D eigenvalue weighted by Crippen LogP contribution is -2.53. The van der Waals surface area contributed by atoms with Crippen molar-refractivity contribution in [3.63, 3.8) is 0 Å². The van der Waals surface area contributed by atoms with Crippen LogP contribution in [0.1, 0.15) is 13.8 Å². The maximum absolute atomic E-state index is 12.0. The third kappa shape index (κ3) is 3.37. The van der Waals surface area contributed by atoms with Gasteiger partial charge >= 0.3 is 0 Å². The number of rotatable bonds is 4. The molecule has 0 bridgehead atoms. The number of amides is 2. The van der Waals surface area contributed by atoms with Crippen LogP contribution >= 0.6 is 12.2 Å². The van der Waals surface area contributed by atoms with Crippen LogP contribution in [0.3, 0.4) is 0 Å². The SMILES string of the molecule is C=CCN1C(=O)/C(=C/C=C/C(C)C)C(=O)NC1=S. The van der Waals surface area contributed by atoms with Gasteiger partial charge in [0.2, 0.25) is 0 Å². The summed E-state index contributed by atoms with van der Waals surface area (Å²) >= 11 is 4.93. The molecule has 0 aliphatic carbocycles. The van der Waals surface area contributed by atoms with E-state index in [1.54, 1.807) is 12.2 Å². The third-order valence-corrected chi connectivity index (χ3v) is 2.58. The summed E-state index contributed by atoms with van der Waals surface area (Å²) in [4.78, 5) is 25.0. The Balaban J connectivity index is 2.96. The van der Waals surface area contributed by atoms with E-state index in [-0.39, 0.29) is 17.2 Å². The van der Waals surface area contributed by atoms with Gasteiger partial charge < -0.3 is 0 Å². The van der Waals surface area contributed by atoms with Crippen molar-refractivity contribution in [1.29, 1.82) is 0 Å². The number of thiocarbonyl (C=S) groups is 1. The van der Waals surface area contributed by atoms with Gasteiger partial charge in [-0.05, 0) is 24.2 Å².